The average molecular weight is 658 g/mol. The van der Waals surface area contributed by atoms with E-state index in [0.29, 0.717) is 15.6 Å². The molecule has 1 atom stereocenters. The summed E-state index contributed by atoms with van der Waals surface area (Å²) in [6.45, 7) is 1.02. The fourth-order valence-electron chi connectivity index (χ4n) is 4.62. The van der Waals surface area contributed by atoms with Crippen LogP contribution in [-0.2, 0) is 26.2 Å². The Hall–Kier alpha value is -1.42. The number of sulfonamides is 1. The Balaban J connectivity index is 2.00. The molecule has 0 heterocycles. The van der Waals surface area contributed by atoms with Crippen molar-refractivity contribution in [2.24, 2.45) is 0 Å². The molecule has 0 radical (unpaired) electrons. The van der Waals surface area contributed by atoms with Crippen molar-refractivity contribution >= 4 is 85.5 Å². The molecule has 1 N–H and O–H groups in total. The maximum absolute atomic E-state index is 13.9. The minimum atomic E-state index is -4.02. The van der Waals surface area contributed by atoms with E-state index < -0.39 is 28.5 Å². The number of benzene rings is 2. The second-order valence-corrected chi connectivity index (χ2v) is 13.4. The monoisotopic (exact) mass is 655 g/mol. The van der Waals surface area contributed by atoms with Crippen molar-refractivity contribution < 1.29 is 18.0 Å². The molecule has 0 aliphatic heterocycles. The Morgan fingerprint density at radius 3 is 2.10 bits per heavy atom. The van der Waals surface area contributed by atoms with Crippen LogP contribution in [0.1, 0.15) is 51.0 Å². The topological polar surface area (TPSA) is 86.8 Å². The second-order valence-electron chi connectivity index (χ2n) is 9.48. The van der Waals surface area contributed by atoms with E-state index >= 15 is 0 Å². The van der Waals surface area contributed by atoms with Gasteiger partial charge in [-0.05, 0) is 43.5 Å². The second kappa shape index (κ2) is 14.0. The smallest absolute Gasteiger partial charge is 0.244 e. The third-order valence-electron chi connectivity index (χ3n) is 6.67. The van der Waals surface area contributed by atoms with Crippen LogP contribution < -0.4 is 9.62 Å². The summed E-state index contributed by atoms with van der Waals surface area (Å²) in [5.74, 6) is -0.969. The predicted molar refractivity (Wildman–Crippen MR) is 160 cm³/mol. The summed E-state index contributed by atoms with van der Waals surface area (Å²) >= 11 is 31.3. The summed E-state index contributed by atoms with van der Waals surface area (Å²) in [4.78, 5) is 28.7. The molecular weight excluding hydrogens is 628 g/mol. The Kier molecular flexibility index (Phi) is 11.5. The molecule has 2 aromatic rings. The molecule has 0 spiro atoms. The quantitative estimate of drug-likeness (QED) is 0.280. The van der Waals surface area contributed by atoms with Crippen molar-refractivity contribution in [1.82, 2.24) is 10.2 Å². The molecule has 0 saturated heterocycles. The van der Waals surface area contributed by atoms with E-state index in [0.717, 1.165) is 42.7 Å². The van der Waals surface area contributed by atoms with Gasteiger partial charge in [0, 0.05) is 28.2 Å². The number of nitrogens with one attached hydrogen (secondary N) is 1. The van der Waals surface area contributed by atoms with Crippen molar-refractivity contribution in [3.8, 4) is 0 Å². The largest absolute Gasteiger partial charge is 0.352 e. The SMILES string of the molecule is CC[C@@H](C(=O)NC1CCCCC1)N(Cc1c(Cl)cccc1Cl)C(=O)CN(c1cc(Cl)c(Cl)cc1Cl)S(C)(=O)=O. The minimum absolute atomic E-state index is 0.00888. The molecule has 214 valence electrons. The van der Waals surface area contributed by atoms with Crippen molar-refractivity contribution in [3.05, 3.63) is 61.0 Å². The van der Waals surface area contributed by atoms with Gasteiger partial charge in [-0.25, -0.2) is 8.42 Å². The van der Waals surface area contributed by atoms with Gasteiger partial charge in [0.25, 0.3) is 0 Å². The Morgan fingerprint density at radius 1 is 0.949 bits per heavy atom. The van der Waals surface area contributed by atoms with E-state index in [9.17, 15) is 18.0 Å². The lowest BCUT2D eigenvalue weighted by Gasteiger charge is -2.34. The number of halogens is 5. The highest BCUT2D eigenvalue weighted by atomic mass is 35.5. The van der Waals surface area contributed by atoms with Crippen molar-refractivity contribution in [1.29, 1.82) is 0 Å². The standard InChI is InChI=1S/C26H30Cl5N3O4S/c1-3-23(26(36)32-16-8-5-4-6-9-16)33(14-17-18(27)10-7-11-19(17)28)25(35)15-34(39(2,37)38)24-13-21(30)20(29)12-22(24)31/h7,10-13,16,23H,3-6,8-9,14-15H2,1-2H3,(H,32,36)/t23-/m0/s1. The Bertz CT molecular complexity index is 1300. The van der Waals surface area contributed by atoms with Gasteiger partial charge in [0.2, 0.25) is 21.8 Å². The van der Waals surface area contributed by atoms with Crippen LogP contribution in [-0.4, -0.2) is 50.0 Å². The number of carbonyl (C=O) groups is 2. The maximum atomic E-state index is 13.9. The van der Waals surface area contributed by atoms with Crippen molar-refractivity contribution in [3.63, 3.8) is 0 Å². The lowest BCUT2D eigenvalue weighted by atomic mass is 9.95. The molecule has 1 aliphatic carbocycles. The van der Waals surface area contributed by atoms with Crippen LogP contribution in [0.15, 0.2) is 30.3 Å². The number of hydrogen-bond acceptors (Lipinski definition) is 4. The molecular formula is C26H30Cl5N3O4S. The summed E-state index contributed by atoms with van der Waals surface area (Å²) in [5.41, 5.74) is 0.425. The van der Waals surface area contributed by atoms with Gasteiger partial charge in [-0.3, -0.25) is 13.9 Å². The van der Waals surface area contributed by atoms with Crippen LogP contribution >= 0.6 is 58.0 Å². The predicted octanol–water partition coefficient (Wildman–Crippen LogP) is 6.98. The van der Waals surface area contributed by atoms with Gasteiger partial charge in [-0.15, -0.1) is 0 Å². The minimum Gasteiger partial charge on any atom is -0.352 e. The van der Waals surface area contributed by atoms with Crippen LogP contribution in [0.25, 0.3) is 0 Å². The molecule has 0 aromatic heterocycles. The molecule has 1 fully saturated rings. The van der Waals surface area contributed by atoms with Gasteiger partial charge < -0.3 is 10.2 Å². The summed E-state index contributed by atoms with van der Waals surface area (Å²) in [7, 11) is -4.02. The molecule has 0 unspecified atom stereocenters. The molecule has 7 nitrogen and oxygen atoms in total. The van der Waals surface area contributed by atoms with Gasteiger partial charge in [0.1, 0.15) is 12.6 Å². The molecule has 1 aliphatic rings. The van der Waals surface area contributed by atoms with E-state index in [-0.39, 0.29) is 45.7 Å². The van der Waals surface area contributed by atoms with Crippen LogP contribution in [0.3, 0.4) is 0 Å². The van der Waals surface area contributed by atoms with E-state index in [1.165, 1.54) is 17.0 Å². The zero-order valence-corrected chi connectivity index (χ0v) is 26.1. The third kappa shape index (κ3) is 8.30. The van der Waals surface area contributed by atoms with E-state index in [1.54, 1.807) is 25.1 Å². The van der Waals surface area contributed by atoms with Gasteiger partial charge in [0.15, 0.2) is 0 Å². The number of carbonyl (C=O) groups excluding carboxylic acids is 2. The van der Waals surface area contributed by atoms with Gasteiger partial charge in [-0.1, -0.05) is 90.3 Å². The Morgan fingerprint density at radius 2 is 1.54 bits per heavy atom. The molecule has 13 heteroatoms. The Labute approximate surface area is 254 Å². The van der Waals surface area contributed by atoms with Gasteiger partial charge in [-0.2, -0.15) is 0 Å². The first kappa shape index (κ1) is 32.1. The zero-order chi connectivity index (χ0) is 28.9. The van der Waals surface area contributed by atoms with Crippen molar-refractivity contribution in [2.75, 3.05) is 17.1 Å². The number of anilines is 1. The number of rotatable bonds is 10. The molecule has 2 amide bonds. The molecule has 2 aromatic carbocycles. The van der Waals surface area contributed by atoms with Gasteiger partial charge in [0.05, 0.1) is 27.0 Å². The lowest BCUT2D eigenvalue weighted by Crippen LogP contribution is -2.54. The normalized spacial score (nSPS) is 15.1. The van der Waals surface area contributed by atoms with E-state index in [4.69, 9.17) is 58.0 Å². The van der Waals surface area contributed by atoms with Crippen LogP contribution in [0.4, 0.5) is 5.69 Å². The fraction of sp³-hybridized carbons (Fsp3) is 0.462. The maximum Gasteiger partial charge on any atom is 0.244 e. The first-order chi connectivity index (χ1) is 18.3. The highest BCUT2D eigenvalue weighted by molar-refractivity contribution is 7.92. The molecule has 0 bridgehead atoms. The zero-order valence-electron chi connectivity index (χ0n) is 21.5. The number of hydrogen-bond donors (Lipinski definition) is 1. The fourth-order valence-corrected chi connectivity index (χ4v) is 6.68. The van der Waals surface area contributed by atoms with Gasteiger partial charge >= 0.3 is 0 Å². The molecule has 3 rings (SSSR count). The first-order valence-electron chi connectivity index (χ1n) is 12.5. The summed E-state index contributed by atoms with van der Waals surface area (Å²) in [5, 5.41) is 3.89. The first-order valence-corrected chi connectivity index (χ1v) is 16.2. The van der Waals surface area contributed by atoms with E-state index in [1.807, 2.05) is 0 Å². The van der Waals surface area contributed by atoms with Crippen LogP contribution in [0.2, 0.25) is 25.1 Å². The lowest BCUT2D eigenvalue weighted by molar-refractivity contribution is -0.140. The summed E-state index contributed by atoms with van der Waals surface area (Å²) in [6.07, 6.45) is 6.12. The summed E-state index contributed by atoms with van der Waals surface area (Å²) in [6, 6.07) is 6.63. The molecule has 39 heavy (non-hydrogen) atoms. The molecule has 1 saturated carbocycles. The van der Waals surface area contributed by atoms with Crippen molar-refractivity contribution in [2.45, 2.75) is 64.1 Å². The average Bonchev–Trinajstić information content (AvgIpc) is 2.86. The van der Waals surface area contributed by atoms with Crippen LogP contribution in [0.5, 0.6) is 0 Å². The number of nitrogens with zero attached hydrogens (tertiary/aromatic N) is 2. The van der Waals surface area contributed by atoms with Crippen LogP contribution in [0, 0.1) is 0 Å². The highest BCUT2D eigenvalue weighted by Crippen LogP contribution is 2.36. The summed E-state index contributed by atoms with van der Waals surface area (Å²) < 4.78 is 26.5. The third-order valence-corrected chi connectivity index (χ3v) is 9.52. The highest BCUT2D eigenvalue weighted by Gasteiger charge is 2.34. The number of amides is 2. The van der Waals surface area contributed by atoms with E-state index in [2.05, 4.69) is 5.32 Å².